The largest absolute Gasteiger partial charge is 0.359 e. The Morgan fingerprint density at radius 3 is 2.74 bits per heavy atom. The second-order valence-corrected chi connectivity index (χ2v) is 16.7. The van der Waals surface area contributed by atoms with E-state index in [0.717, 1.165) is 45.9 Å². The Balaban J connectivity index is 1.38. The van der Waals surface area contributed by atoms with Crippen LogP contribution in [0.15, 0.2) is 54.7 Å². The lowest BCUT2D eigenvalue weighted by Crippen LogP contribution is -2.29. The molecule has 1 aliphatic heterocycles. The topological polar surface area (TPSA) is 96.9 Å². The SMILES string of the molecule is Cc1ccnc(C#N)c1CC1c2ccccc2C(=O)N1Cc1ccc2c(c1)nnn2COCC[Si](C)(C)C. The summed E-state index contributed by atoms with van der Waals surface area (Å²) in [6, 6.07) is 18.8. The molecule has 4 aromatic rings. The standard InChI is InChI=1S/C29H32N6O2Si/c1-20-11-12-31-26(17-30)24(20)16-28-22-7-5-6-8-23(22)29(36)34(28)18-21-9-10-27-25(15-21)32-33-35(27)19-37-13-14-38(2,3)4/h5-12,15,28H,13-14,16,18-19H2,1-4H3. The maximum atomic E-state index is 13.5. The summed E-state index contributed by atoms with van der Waals surface area (Å²) in [4.78, 5) is 19.7. The molecule has 0 fully saturated rings. The van der Waals surface area contributed by atoms with Gasteiger partial charge in [0.25, 0.3) is 5.91 Å². The van der Waals surface area contributed by atoms with E-state index in [1.165, 1.54) is 0 Å². The van der Waals surface area contributed by atoms with E-state index in [2.05, 4.69) is 41.0 Å². The average molecular weight is 525 g/mol. The molecule has 3 heterocycles. The number of amides is 1. The summed E-state index contributed by atoms with van der Waals surface area (Å²) in [6.45, 7) is 10.5. The number of hydrogen-bond acceptors (Lipinski definition) is 6. The third-order valence-corrected chi connectivity index (χ3v) is 8.83. The number of aromatic nitrogens is 4. The van der Waals surface area contributed by atoms with Gasteiger partial charge in [0.1, 0.15) is 24.0 Å². The monoisotopic (exact) mass is 524 g/mol. The van der Waals surface area contributed by atoms with Crippen LogP contribution in [0.3, 0.4) is 0 Å². The Kier molecular flexibility index (Phi) is 7.10. The first kappa shape index (κ1) is 25.8. The number of ether oxygens (including phenoxy) is 1. The third-order valence-electron chi connectivity index (χ3n) is 7.12. The zero-order valence-electron chi connectivity index (χ0n) is 22.3. The van der Waals surface area contributed by atoms with Crippen molar-refractivity contribution in [3.63, 3.8) is 0 Å². The highest BCUT2D eigenvalue weighted by molar-refractivity contribution is 6.76. The van der Waals surface area contributed by atoms with Gasteiger partial charge in [-0.25, -0.2) is 9.67 Å². The first-order chi connectivity index (χ1) is 18.2. The first-order valence-corrected chi connectivity index (χ1v) is 16.6. The van der Waals surface area contributed by atoms with E-state index in [4.69, 9.17) is 4.74 Å². The number of nitrogens with zero attached hydrogens (tertiary/aromatic N) is 6. The molecule has 2 aromatic carbocycles. The highest BCUT2D eigenvalue weighted by Gasteiger charge is 2.37. The molecule has 0 saturated carbocycles. The molecule has 0 radical (unpaired) electrons. The Hall–Kier alpha value is -3.87. The molecule has 0 aliphatic carbocycles. The number of hydrogen-bond donors (Lipinski definition) is 0. The van der Waals surface area contributed by atoms with Crippen LogP contribution in [0.1, 0.15) is 44.3 Å². The van der Waals surface area contributed by atoms with Crippen molar-refractivity contribution in [2.45, 2.75) is 58.3 Å². The molecule has 8 nitrogen and oxygen atoms in total. The summed E-state index contributed by atoms with van der Waals surface area (Å²) in [6.07, 6.45) is 2.18. The van der Waals surface area contributed by atoms with E-state index in [1.54, 1.807) is 10.9 Å². The molecule has 1 aliphatic rings. The molecule has 0 bridgehead atoms. The molecule has 0 saturated heterocycles. The molecule has 1 atom stereocenters. The molecule has 1 amide bonds. The van der Waals surface area contributed by atoms with Gasteiger partial charge in [0.2, 0.25) is 0 Å². The van der Waals surface area contributed by atoms with Gasteiger partial charge in [-0.1, -0.05) is 49.1 Å². The fourth-order valence-electron chi connectivity index (χ4n) is 4.92. The zero-order chi connectivity index (χ0) is 26.9. The summed E-state index contributed by atoms with van der Waals surface area (Å²) in [5.74, 6) is -0.00907. The number of carbonyl (C=O) groups excluding carboxylic acids is 1. The average Bonchev–Trinajstić information content (AvgIpc) is 3.41. The van der Waals surface area contributed by atoms with Gasteiger partial charge >= 0.3 is 0 Å². The van der Waals surface area contributed by atoms with E-state index in [9.17, 15) is 10.1 Å². The van der Waals surface area contributed by atoms with Crippen molar-refractivity contribution in [3.05, 3.63) is 88.2 Å². The predicted octanol–water partition coefficient (Wildman–Crippen LogP) is 5.26. The lowest BCUT2D eigenvalue weighted by atomic mass is 9.94. The molecular weight excluding hydrogens is 492 g/mol. The lowest BCUT2D eigenvalue weighted by Gasteiger charge is -2.26. The third kappa shape index (κ3) is 5.23. The minimum absolute atomic E-state index is 0.00907. The Morgan fingerprint density at radius 1 is 1.13 bits per heavy atom. The fraction of sp³-hybridized carbons (Fsp3) is 0.345. The van der Waals surface area contributed by atoms with Crippen LogP contribution in [0.4, 0.5) is 0 Å². The highest BCUT2D eigenvalue weighted by atomic mass is 28.3. The van der Waals surface area contributed by atoms with Gasteiger partial charge < -0.3 is 9.64 Å². The van der Waals surface area contributed by atoms with Crippen molar-refractivity contribution < 1.29 is 9.53 Å². The molecule has 1 unspecified atom stereocenters. The molecule has 0 spiro atoms. The van der Waals surface area contributed by atoms with Gasteiger partial charge in [-0.15, -0.1) is 5.10 Å². The molecule has 194 valence electrons. The molecule has 9 heteroatoms. The van der Waals surface area contributed by atoms with E-state index < -0.39 is 8.07 Å². The van der Waals surface area contributed by atoms with Gasteiger partial charge in [-0.2, -0.15) is 5.26 Å². The molecule has 2 aromatic heterocycles. The van der Waals surface area contributed by atoms with E-state index >= 15 is 0 Å². The Morgan fingerprint density at radius 2 is 1.95 bits per heavy atom. The summed E-state index contributed by atoms with van der Waals surface area (Å²) in [5, 5.41) is 18.3. The van der Waals surface area contributed by atoms with Gasteiger partial charge in [-0.05, 0) is 59.5 Å². The van der Waals surface area contributed by atoms with Crippen LogP contribution in [0, 0.1) is 18.3 Å². The molecular formula is C29H32N6O2Si. The van der Waals surface area contributed by atoms with Gasteiger partial charge in [-0.3, -0.25) is 4.79 Å². The maximum absolute atomic E-state index is 13.5. The first-order valence-electron chi connectivity index (χ1n) is 12.9. The predicted molar refractivity (Wildman–Crippen MR) is 148 cm³/mol. The maximum Gasteiger partial charge on any atom is 0.255 e. The number of aryl methyl sites for hydroxylation is 1. The van der Waals surface area contributed by atoms with E-state index in [-0.39, 0.29) is 11.9 Å². The smallest absolute Gasteiger partial charge is 0.255 e. The Bertz CT molecular complexity index is 1530. The van der Waals surface area contributed by atoms with Crippen LogP contribution in [0.5, 0.6) is 0 Å². The summed E-state index contributed by atoms with van der Waals surface area (Å²) in [7, 11) is -1.15. The van der Waals surface area contributed by atoms with Gasteiger partial charge in [0.05, 0.1) is 11.6 Å². The lowest BCUT2D eigenvalue weighted by molar-refractivity contribution is 0.0709. The van der Waals surface area contributed by atoms with Crippen LogP contribution in [-0.4, -0.2) is 45.5 Å². The van der Waals surface area contributed by atoms with Crippen LogP contribution >= 0.6 is 0 Å². The normalized spacial score (nSPS) is 15.2. The second kappa shape index (κ2) is 10.5. The van der Waals surface area contributed by atoms with Crippen molar-refractivity contribution in [2.75, 3.05) is 6.61 Å². The minimum Gasteiger partial charge on any atom is -0.359 e. The van der Waals surface area contributed by atoms with Crippen molar-refractivity contribution in [1.29, 1.82) is 5.26 Å². The Labute approximate surface area is 223 Å². The number of benzene rings is 2. The van der Waals surface area contributed by atoms with Crippen molar-refractivity contribution in [1.82, 2.24) is 24.9 Å². The van der Waals surface area contributed by atoms with Crippen LogP contribution in [0.2, 0.25) is 25.7 Å². The van der Waals surface area contributed by atoms with Crippen molar-refractivity contribution >= 4 is 25.0 Å². The summed E-state index contributed by atoms with van der Waals surface area (Å²) < 4.78 is 7.64. The summed E-state index contributed by atoms with van der Waals surface area (Å²) >= 11 is 0. The highest BCUT2D eigenvalue weighted by Crippen LogP contribution is 2.38. The number of pyridine rings is 1. The fourth-order valence-corrected chi connectivity index (χ4v) is 5.68. The molecule has 5 rings (SSSR count). The molecule has 0 N–H and O–H groups in total. The number of nitriles is 1. The molecule has 38 heavy (non-hydrogen) atoms. The number of fused-ring (bicyclic) bond motifs is 2. The number of rotatable bonds is 9. The van der Waals surface area contributed by atoms with Gasteiger partial charge in [0, 0.05) is 39.4 Å². The van der Waals surface area contributed by atoms with Crippen molar-refractivity contribution in [3.8, 4) is 6.07 Å². The van der Waals surface area contributed by atoms with Crippen LogP contribution < -0.4 is 0 Å². The van der Waals surface area contributed by atoms with Crippen molar-refractivity contribution in [2.24, 2.45) is 0 Å². The van der Waals surface area contributed by atoms with E-state index in [0.29, 0.717) is 31.0 Å². The quantitative estimate of drug-likeness (QED) is 0.219. The van der Waals surface area contributed by atoms with Gasteiger partial charge in [0.15, 0.2) is 0 Å². The summed E-state index contributed by atoms with van der Waals surface area (Å²) in [5.41, 5.74) is 6.61. The van der Waals surface area contributed by atoms with Crippen LogP contribution in [0.25, 0.3) is 11.0 Å². The number of carbonyl (C=O) groups is 1. The van der Waals surface area contributed by atoms with E-state index in [1.807, 2.05) is 60.4 Å². The second-order valence-electron chi connectivity index (χ2n) is 11.1. The van der Waals surface area contributed by atoms with Crippen LogP contribution in [-0.2, 0) is 24.4 Å². The zero-order valence-corrected chi connectivity index (χ0v) is 23.3. The minimum atomic E-state index is -1.15.